The summed E-state index contributed by atoms with van der Waals surface area (Å²) in [4.78, 5) is 8.54. The molecule has 21 heavy (non-hydrogen) atoms. The van der Waals surface area contributed by atoms with E-state index in [0.717, 1.165) is 11.1 Å². The van der Waals surface area contributed by atoms with Gasteiger partial charge in [-0.25, -0.2) is 9.97 Å². The number of aliphatic hydroxyl groups is 1. The van der Waals surface area contributed by atoms with Gasteiger partial charge >= 0.3 is 0 Å². The summed E-state index contributed by atoms with van der Waals surface area (Å²) in [6.45, 7) is 0. The molecule has 1 heterocycles. The SMILES string of the molecule is COc1ccc(-c2cnc(CCC(O)=S)nc2)cc1OC. The highest BCUT2D eigenvalue weighted by molar-refractivity contribution is 7.80. The maximum atomic E-state index is 9.00. The van der Waals surface area contributed by atoms with Gasteiger partial charge in [0.2, 0.25) is 0 Å². The Labute approximate surface area is 128 Å². The van der Waals surface area contributed by atoms with E-state index in [1.165, 1.54) is 0 Å². The lowest BCUT2D eigenvalue weighted by molar-refractivity contribution is 0.355. The minimum absolute atomic E-state index is 0.0254. The Morgan fingerprint density at radius 3 is 2.33 bits per heavy atom. The molecule has 0 atom stereocenters. The van der Waals surface area contributed by atoms with E-state index in [4.69, 9.17) is 14.6 Å². The summed E-state index contributed by atoms with van der Waals surface area (Å²) in [5.74, 6) is 1.98. The van der Waals surface area contributed by atoms with E-state index in [1.54, 1.807) is 26.6 Å². The zero-order chi connectivity index (χ0) is 15.2. The summed E-state index contributed by atoms with van der Waals surface area (Å²) >= 11 is 4.62. The van der Waals surface area contributed by atoms with Crippen LogP contribution < -0.4 is 9.47 Å². The van der Waals surface area contributed by atoms with E-state index in [0.29, 0.717) is 30.2 Å². The van der Waals surface area contributed by atoms with Crippen molar-refractivity contribution in [3.8, 4) is 22.6 Å². The first-order valence-corrected chi connectivity index (χ1v) is 6.80. The van der Waals surface area contributed by atoms with Crippen molar-refractivity contribution in [3.05, 3.63) is 36.4 Å². The number of hydrogen-bond donors (Lipinski definition) is 1. The number of thiocarbonyl (C=S) groups is 1. The third-order valence-corrected chi connectivity index (χ3v) is 3.19. The third-order valence-electron chi connectivity index (χ3n) is 2.98. The van der Waals surface area contributed by atoms with E-state index < -0.39 is 0 Å². The largest absolute Gasteiger partial charge is 0.502 e. The average molecular weight is 304 g/mol. The van der Waals surface area contributed by atoms with E-state index in [1.807, 2.05) is 18.2 Å². The lowest BCUT2D eigenvalue weighted by Gasteiger charge is -2.09. The van der Waals surface area contributed by atoms with Gasteiger partial charge in [0.1, 0.15) is 5.82 Å². The Bertz CT molecular complexity index is 629. The predicted molar refractivity (Wildman–Crippen MR) is 84.1 cm³/mol. The van der Waals surface area contributed by atoms with E-state index >= 15 is 0 Å². The molecule has 0 bridgehead atoms. The molecule has 1 N–H and O–H groups in total. The second-order valence-electron chi connectivity index (χ2n) is 4.35. The van der Waals surface area contributed by atoms with Gasteiger partial charge in [-0.3, -0.25) is 0 Å². The van der Waals surface area contributed by atoms with Gasteiger partial charge in [-0.2, -0.15) is 0 Å². The standard InChI is InChI=1S/C15H16N2O3S/c1-19-12-4-3-10(7-13(12)20-2)11-8-16-14(17-9-11)5-6-15(18)21/h3-4,7-9H,5-6H2,1-2H3,(H,18,21). The molecule has 5 nitrogen and oxygen atoms in total. The van der Waals surface area contributed by atoms with E-state index in [-0.39, 0.29) is 5.05 Å². The number of aromatic nitrogens is 2. The van der Waals surface area contributed by atoms with Crippen LogP contribution in [0.4, 0.5) is 0 Å². The fourth-order valence-corrected chi connectivity index (χ4v) is 1.97. The van der Waals surface area contributed by atoms with Crippen molar-refractivity contribution in [2.75, 3.05) is 14.2 Å². The predicted octanol–water partition coefficient (Wildman–Crippen LogP) is 2.98. The molecule has 0 saturated heterocycles. The van der Waals surface area contributed by atoms with Gasteiger partial charge in [0.25, 0.3) is 0 Å². The van der Waals surface area contributed by atoms with Crippen molar-refractivity contribution in [2.45, 2.75) is 12.8 Å². The van der Waals surface area contributed by atoms with Crippen LogP contribution in [0, 0.1) is 0 Å². The normalized spacial score (nSPS) is 10.2. The highest BCUT2D eigenvalue weighted by Crippen LogP contribution is 2.31. The third kappa shape index (κ3) is 3.88. The number of hydrogen-bond acceptors (Lipinski definition) is 5. The zero-order valence-electron chi connectivity index (χ0n) is 11.9. The van der Waals surface area contributed by atoms with Gasteiger partial charge in [-0.15, -0.1) is 0 Å². The van der Waals surface area contributed by atoms with Crippen LogP contribution in [0.3, 0.4) is 0 Å². The van der Waals surface area contributed by atoms with E-state index in [9.17, 15) is 0 Å². The molecule has 6 heteroatoms. The Balaban J connectivity index is 2.20. The first-order chi connectivity index (χ1) is 10.1. The van der Waals surface area contributed by atoms with Crippen LogP contribution in [0.2, 0.25) is 0 Å². The minimum atomic E-state index is -0.0254. The van der Waals surface area contributed by atoms with Crippen molar-refractivity contribution < 1.29 is 14.6 Å². The van der Waals surface area contributed by atoms with Crippen LogP contribution >= 0.6 is 12.2 Å². The van der Waals surface area contributed by atoms with Crippen LogP contribution in [-0.2, 0) is 6.42 Å². The molecule has 0 unspecified atom stereocenters. The van der Waals surface area contributed by atoms with E-state index in [2.05, 4.69) is 22.2 Å². The Hall–Kier alpha value is -2.21. The van der Waals surface area contributed by atoms with Crippen molar-refractivity contribution in [1.82, 2.24) is 9.97 Å². The quantitative estimate of drug-likeness (QED) is 0.828. The van der Waals surface area contributed by atoms with Crippen LogP contribution in [0.1, 0.15) is 12.2 Å². The molecule has 0 saturated carbocycles. The Morgan fingerprint density at radius 2 is 1.76 bits per heavy atom. The number of rotatable bonds is 6. The van der Waals surface area contributed by atoms with Gasteiger partial charge in [0.15, 0.2) is 16.5 Å². The molecular formula is C15H16N2O3S. The number of nitrogens with zero attached hydrogens (tertiary/aromatic N) is 2. The minimum Gasteiger partial charge on any atom is -0.502 e. The first-order valence-electron chi connectivity index (χ1n) is 6.39. The molecule has 0 aliphatic carbocycles. The molecule has 1 aromatic carbocycles. The molecule has 0 spiro atoms. The summed E-state index contributed by atoms with van der Waals surface area (Å²) in [6.07, 6.45) is 4.40. The molecule has 1 aromatic heterocycles. The molecule has 2 rings (SSSR count). The van der Waals surface area contributed by atoms with Crippen LogP contribution in [-0.4, -0.2) is 34.3 Å². The maximum Gasteiger partial charge on any atom is 0.161 e. The summed E-state index contributed by atoms with van der Waals surface area (Å²) in [5.41, 5.74) is 1.82. The topological polar surface area (TPSA) is 64.5 Å². The molecule has 110 valence electrons. The molecule has 0 fully saturated rings. The Morgan fingerprint density at radius 1 is 1.10 bits per heavy atom. The summed E-state index contributed by atoms with van der Waals surface area (Å²) in [5, 5.41) is 8.98. The Kier molecular flexibility index (Phi) is 5.05. The van der Waals surface area contributed by atoms with Crippen molar-refractivity contribution in [1.29, 1.82) is 0 Å². The second kappa shape index (κ2) is 6.99. The van der Waals surface area contributed by atoms with Crippen LogP contribution in [0.15, 0.2) is 30.6 Å². The fraction of sp³-hybridized carbons (Fsp3) is 0.267. The van der Waals surface area contributed by atoms with Crippen molar-refractivity contribution in [2.24, 2.45) is 0 Å². The number of methoxy groups -OCH3 is 2. The number of aliphatic hydroxyl groups excluding tert-OH is 1. The van der Waals surface area contributed by atoms with Gasteiger partial charge in [-0.05, 0) is 29.9 Å². The molecule has 0 radical (unpaired) electrons. The maximum absolute atomic E-state index is 9.00. The molecule has 2 aromatic rings. The average Bonchev–Trinajstić information content (AvgIpc) is 2.52. The summed E-state index contributed by atoms with van der Waals surface area (Å²) in [7, 11) is 3.19. The number of aryl methyl sites for hydroxylation is 1. The van der Waals surface area contributed by atoms with Gasteiger partial charge in [-0.1, -0.05) is 6.07 Å². The number of ether oxygens (including phenoxy) is 2. The van der Waals surface area contributed by atoms with Crippen molar-refractivity contribution >= 4 is 17.3 Å². The van der Waals surface area contributed by atoms with Crippen LogP contribution in [0.5, 0.6) is 11.5 Å². The highest BCUT2D eigenvalue weighted by atomic mass is 32.1. The van der Waals surface area contributed by atoms with Gasteiger partial charge < -0.3 is 14.6 Å². The molecule has 0 aliphatic rings. The lowest BCUT2D eigenvalue weighted by atomic mass is 10.1. The van der Waals surface area contributed by atoms with Crippen molar-refractivity contribution in [3.63, 3.8) is 0 Å². The molecule has 0 amide bonds. The summed E-state index contributed by atoms with van der Waals surface area (Å²) < 4.78 is 10.5. The first kappa shape index (κ1) is 15.2. The smallest absolute Gasteiger partial charge is 0.161 e. The van der Waals surface area contributed by atoms with Gasteiger partial charge in [0.05, 0.1) is 14.2 Å². The zero-order valence-corrected chi connectivity index (χ0v) is 12.7. The summed E-state index contributed by atoms with van der Waals surface area (Å²) in [6, 6.07) is 5.63. The lowest BCUT2D eigenvalue weighted by Crippen LogP contribution is -2.00. The van der Waals surface area contributed by atoms with Gasteiger partial charge in [0, 0.05) is 30.8 Å². The highest BCUT2D eigenvalue weighted by Gasteiger charge is 2.07. The monoisotopic (exact) mass is 304 g/mol. The number of benzene rings is 1. The van der Waals surface area contributed by atoms with Crippen LogP contribution in [0.25, 0.3) is 11.1 Å². The molecule has 0 aliphatic heterocycles. The molecular weight excluding hydrogens is 288 g/mol. The fourth-order valence-electron chi connectivity index (χ4n) is 1.87. The second-order valence-corrected chi connectivity index (χ2v) is 4.82.